The van der Waals surface area contributed by atoms with Crippen LogP contribution >= 0.6 is 15.9 Å². The molecule has 1 rings (SSSR count). The van der Waals surface area contributed by atoms with Gasteiger partial charge in [0.05, 0.1) is 19.2 Å². The Morgan fingerprint density at radius 2 is 2.35 bits per heavy atom. The van der Waals surface area contributed by atoms with E-state index in [2.05, 4.69) is 26.6 Å². The van der Waals surface area contributed by atoms with Gasteiger partial charge in [0.25, 0.3) is 0 Å². The third kappa shape index (κ3) is 5.34. The molecule has 1 aromatic rings. The molecule has 0 saturated carbocycles. The van der Waals surface area contributed by atoms with Crippen LogP contribution < -0.4 is 10.6 Å². The number of hydrogen-bond acceptors (Lipinski definition) is 4. The third-order valence-corrected chi connectivity index (χ3v) is 2.64. The highest BCUT2D eigenvalue weighted by Crippen LogP contribution is 2.13. The normalized spacial score (nSPS) is 12.4. The van der Waals surface area contributed by atoms with Crippen LogP contribution in [0.1, 0.15) is 12.7 Å². The van der Waals surface area contributed by atoms with Gasteiger partial charge >= 0.3 is 0 Å². The van der Waals surface area contributed by atoms with Crippen molar-refractivity contribution in [3.05, 3.63) is 22.6 Å². The van der Waals surface area contributed by atoms with E-state index >= 15 is 0 Å². The molecule has 0 spiro atoms. The molecular weight excluding hydrogens is 288 g/mol. The highest BCUT2D eigenvalue weighted by Gasteiger charge is 2.11. The summed E-state index contributed by atoms with van der Waals surface area (Å²) in [4.78, 5) is 11.6. The molecule has 0 aliphatic heterocycles. The second-order valence-corrected chi connectivity index (χ2v) is 4.37. The van der Waals surface area contributed by atoms with Gasteiger partial charge in [-0.05, 0) is 35.0 Å². The van der Waals surface area contributed by atoms with Crippen LogP contribution in [0, 0.1) is 0 Å². The molecule has 96 valence electrons. The maximum absolute atomic E-state index is 11.6. The van der Waals surface area contributed by atoms with Gasteiger partial charge in [0, 0.05) is 13.7 Å². The number of rotatable bonds is 7. The number of halogens is 1. The molecule has 0 radical (unpaired) electrons. The first-order valence-corrected chi connectivity index (χ1v) is 6.17. The lowest BCUT2D eigenvalue weighted by Gasteiger charge is -2.12. The van der Waals surface area contributed by atoms with Gasteiger partial charge < -0.3 is 14.5 Å². The Kier molecular flexibility index (Phi) is 6.25. The van der Waals surface area contributed by atoms with Crippen LogP contribution in [0.25, 0.3) is 0 Å². The van der Waals surface area contributed by atoms with Crippen LogP contribution in [-0.4, -0.2) is 32.2 Å². The predicted octanol–water partition coefficient (Wildman–Crippen LogP) is 1.28. The Morgan fingerprint density at radius 1 is 1.59 bits per heavy atom. The molecule has 0 bridgehead atoms. The van der Waals surface area contributed by atoms with E-state index in [4.69, 9.17) is 9.15 Å². The van der Waals surface area contributed by atoms with Crippen molar-refractivity contribution in [2.75, 3.05) is 20.3 Å². The lowest BCUT2D eigenvalue weighted by molar-refractivity contribution is -0.123. The molecule has 0 aliphatic carbocycles. The lowest BCUT2D eigenvalue weighted by Crippen LogP contribution is -2.42. The summed E-state index contributed by atoms with van der Waals surface area (Å²) < 4.78 is 10.8. The van der Waals surface area contributed by atoms with Gasteiger partial charge in [-0.1, -0.05) is 0 Å². The van der Waals surface area contributed by atoms with Crippen molar-refractivity contribution in [1.82, 2.24) is 10.6 Å². The maximum Gasteiger partial charge on any atom is 0.236 e. The highest BCUT2D eigenvalue weighted by molar-refractivity contribution is 9.10. The molecule has 6 heteroatoms. The summed E-state index contributed by atoms with van der Waals surface area (Å²) in [5.74, 6) is 0.737. The lowest BCUT2D eigenvalue weighted by atomic mass is 10.3. The van der Waals surface area contributed by atoms with Crippen LogP contribution in [0.5, 0.6) is 0 Å². The van der Waals surface area contributed by atoms with E-state index in [1.54, 1.807) is 14.0 Å². The van der Waals surface area contributed by atoms with Gasteiger partial charge in [-0.2, -0.15) is 0 Å². The van der Waals surface area contributed by atoms with Crippen molar-refractivity contribution < 1.29 is 13.9 Å². The Balaban J connectivity index is 2.24. The second kappa shape index (κ2) is 7.47. The summed E-state index contributed by atoms with van der Waals surface area (Å²) in [5.41, 5.74) is 0. The van der Waals surface area contributed by atoms with Crippen molar-refractivity contribution in [2.45, 2.75) is 19.5 Å². The number of nitrogens with one attached hydrogen (secondary N) is 2. The summed E-state index contributed by atoms with van der Waals surface area (Å²) in [6, 6.07) is 3.41. The molecule has 0 saturated heterocycles. The first kappa shape index (κ1) is 14.2. The number of amides is 1. The van der Waals surface area contributed by atoms with Crippen LogP contribution in [0.15, 0.2) is 21.2 Å². The Bertz CT molecular complexity index is 354. The molecule has 0 fully saturated rings. The first-order valence-electron chi connectivity index (χ1n) is 5.37. The van der Waals surface area contributed by atoms with Crippen molar-refractivity contribution in [3.63, 3.8) is 0 Å². The zero-order valence-corrected chi connectivity index (χ0v) is 11.5. The third-order valence-electron chi connectivity index (χ3n) is 2.21. The summed E-state index contributed by atoms with van der Waals surface area (Å²) >= 11 is 3.22. The topological polar surface area (TPSA) is 63.5 Å². The quantitative estimate of drug-likeness (QED) is 0.745. The Labute approximate surface area is 109 Å². The van der Waals surface area contributed by atoms with E-state index < -0.39 is 0 Å². The minimum Gasteiger partial charge on any atom is -0.453 e. The zero-order chi connectivity index (χ0) is 12.7. The van der Waals surface area contributed by atoms with Gasteiger partial charge in [-0.15, -0.1) is 0 Å². The predicted molar refractivity (Wildman–Crippen MR) is 67.6 cm³/mol. The molecule has 1 aromatic heterocycles. The average Bonchev–Trinajstić information content (AvgIpc) is 2.72. The number of carbonyl (C=O) groups excluding carboxylic acids is 1. The van der Waals surface area contributed by atoms with E-state index in [9.17, 15) is 4.79 Å². The van der Waals surface area contributed by atoms with Gasteiger partial charge in [-0.25, -0.2) is 0 Å². The summed E-state index contributed by atoms with van der Waals surface area (Å²) in [6.45, 7) is 3.36. The van der Waals surface area contributed by atoms with Gasteiger partial charge in [0.2, 0.25) is 5.91 Å². The molecule has 1 heterocycles. The number of carbonyl (C=O) groups is 1. The number of ether oxygens (including phenoxy) is 1. The second-order valence-electron chi connectivity index (χ2n) is 3.59. The number of methoxy groups -OCH3 is 1. The molecule has 5 nitrogen and oxygen atoms in total. The Hall–Kier alpha value is -0.850. The van der Waals surface area contributed by atoms with Crippen LogP contribution in [0.4, 0.5) is 0 Å². The number of hydrogen-bond donors (Lipinski definition) is 2. The fraction of sp³-hybridized carbons (Fsp3) is 0.545. The molecule has 1 amide bonds. The van der Waals surface area contributed by atoms with Crippen LogP contribution in [-0.2, 0) is 16.1 Å². The minimum absolute atomic E-state index is 0.0485. The van der Waals surface area contributed by atoms with E-state index in [1.165, 1.54) is 0 Å². The fourth-order valence-electron chi connectivity index (χ4n) is 1.22. The van der Waals surface area contributed by atoms with Crippen molar-refractivity contribution in [3.8, 4) is 0 Å². The fourth-order valence-corrected chi connectivity index (χ4v) is 1.56. The maximum atomic E-state index is 11.6. The summed E-state index contributed by atoms with van der Waals surface area (Å²) in [6.07, 6.45) is 0. The SMILES string of the molecule is COCCNC(=O)C(C)NCc1ccc(Br)o1. The molecule has 1 unspecified atom stereocenters. The Morgan fingerprint density at radius 3 is 2.94 bits per heavy atom. The van der Waals surface area contributed by atoms with Gasteiger partial charge in [0.15, 0.2) is 4.67 Å². The molecular formula is C11H17BrN2O3. The van der Waals surface area contributed by atoms with Crippen molar-refractivity contribution in [2.24, 2.45) is 0 Å². The summed E-state index contributed by atoms with van der Waals surface area (Å²) in [5, 5.41) is 5.83. The van der Waals surface area contributed by atoms with E-state index in [0.717, 1.165) is 5.76 Å². The van der Waals surface area contributed by atoms with Crippen LogP contribution in [0.2, 0.25) is 0 Å². The molecule has 1 atom stereocenters. The largest absolute Gasteiger partial charge is 0.453 e. The van der Waals surface area contributed by atoms with E-state index in [1.807, 2.05) is 12.1 Å². The van der Waals surface area contributed by atoms with Crippen molar-refractivity contribution in [1.29, 1.82) is 0 Å². The standard InChI is InChI=1S/C11H17BrN2O3/c1-8(11(15)13-5-6-16-2)14-7-9-3-4-10(12)17-9/h3-4,8,14H,5-7H2,1-2H3,(H,13,15). The molecule has 0 aromatic carbocycles. The van der Waals surface area contributed by atoms with Crippen LogP contribution in [0.3, 0.4) is 0 Å². The average molecular weight is 305 g/mol. The van der Waals surface area contributed by atoms with Gasteiger partial charge in [-0.3, -0.25) is 10.1 Å². The van der Waals surface area contributed by atoms with E-state index in [0.29, 0.717) is 24.4 Å². The zero-order valence-electron chi connectivity index (χ0n) is 9.96. The van der Waals surface area contributed by atoms with E-state index in [-0.39, 0.29) is 11.9 Å². The van der Waals surface area contributed by atoms with Crippen molar-refractivity contribution >= 4 is 21.8 Å². The molecule has 2 N–H and O–H groups in total. The smallest absolute Gasteiger partial charge is 0.236 e. The minimum atomic E-state index is -0.268. The molecule has 0 aliphatic rings. The highest BCUT2D eigenvalue weighted by atomic mass is 79.9. The number of furan rings is 1. The first-order chi connectivity index (χ1) is 8.13. The van der Waals surface area contributed by atoms with Gasteiger partial charge in [0.1, 0.15) is 5.76 Å². The monoisotopic (exact) mass is 304 g/mol. The molecule has 17 heavy (non-hydrogen) atoms. The summed E-state index contributed by atoms with van der Waals surface area (Å²) in [7, 11) is 1.60.